The van der Waals surface area contributed by atoms with Gasteiger partial charge in [-0.2, -0.15) is 11.3 Å². The summed E-state index contributed by atoms with van der Waals surface area (Å²) in [5.74, 6) is -0.698. The van der Waals surface area contributed by atoms with Crippen LogP contribution in [-0.4, -0.2) is 49.5 Å². The van der Waals surface area contributed by atoms with E-state index in [1.807, 2.05) is 65.5 Å². The van der Waals surface area contributed by atoms with Crippen LogP contribution in [-0.2, 0) is 27.3 Å². The summed E-state index contributed by atoms with van der Waals surface area (Å²) in [4.78, 5) is 32.4. The predicted octanol–water partition coefficient (Wildman–Crippen LogP) is 3.68. The second-order valence-corrected chi connectivity index (χ2v) is 8.44. The summed E-state index contributed by atoms with van der Waals surface area (Å²) in [6.45, 7) is 0.187. The molecule has 29 heavy (non-hydrogen) atoms. The second kappa shape index (κ2) is 9.67. The minimum absolute atomic E-state index is 0.0592. The Balaban J connectivity index is 1.45. The summed E-state index contributed by atoms with van der Waals surface area (Å²) >= 11 is 3.10. The van der Waals surface area contributed by atoms with Gasteiger partial charge in [0.05, 0.1) is 12.1 Å². The largest absolute Gasteiger partial charge is 0.455 e. The van der Waals surface area contributed by atoms with E-state index in [9.17, 15) is 9.59 Å². The lowest BCUT2D eigenvalue weighted by Crippen LogP contribution is -2.31. The van der Waals surface area contributed by atoms with Crippen LogP contribution in [0.25, 0.3) is 10.6 Å². The molecule has 0 unspecified atom stereocenters. The number of thiophene rings is 1. The van der Waals surface area contributed by atoms with Crippen molar-refractivity contribution in [2.75, 3.05) is 32.6 Å². The number of anilines is 1. The maximum absolute atomic E-state index is 12.3. The molecule has 6 nitrogen and oxygen atoms in total. The zero-order chi connectivity index (χ0) is 20.8. The van der Waals surface area contributed by atoms with E-state index >= 15 is 0 Å². The number of hydrogen-bond acceptors (Lipinski definition) is 7. The summed E-state index contributed by atoms with van der Waals surface area (Å²) < 4.78 is 5.15. The van der Waals surface area contributed by atoms with Crippen molar-refractivity contribution < 1.29 is 14.3 Å². The first kappa shape index (κ1) is 21.0. The molecule has 152 valence electrons. The van der Waals surface area contributed by atoms with Gasteiger partial charge in [-0.25, -0.2) is 4.98 Å². The van der Waals surface area contributed by atoms with E-state index in [0.717, 1.165) is 21.8 Å². The van der Waals surface area contributed by atoms with Gasteiger partial charge in [0.1, 0.15) is 5.01 Å². The Bertz CT molecular complexity index is 950. The number of esters is 1. The number of thiazole rings is 1. The number of ether oxygens (including phenoxy) is 1. The highest BCUT2D eigenvalue weighted by Crippen LogP contribution is 2.25. The predicted molar refractivity (Wildman–Crippen MR) is 117 cm³/mol. The van der Waals surface area contributed by atoms with Gasteiger partial charge in [-0.15, -0.1) is 11.3 Å². The van der Waals surface area contributed by atoms with Crippen LogP contribution in [0.15, 0.2) is 46.5 Å². The fourth-order valence-electron chi connectivity index (χ4n) is 2.62. The molecule has 0 aliphatic carbocycles. The Morgan fingerprint density at radius 1 is 1.07 bits per heavy atom. The van der Waals surface area contributed by atoms with Gasteiger partial charge < -0.3 is 14.5 Å². The molecule has 0 spiro atoms. The molecule has 0 radical (unpaired) electrons. The summed E-state index contributed by atoms with van der Waals surface area (Å²) in [5, 5.41) is 6.73. The van der Waals surface area contributed by atoms with Gasteiger partial charge in [-0.3, -0.25) is 9.59 Å². The normalized spacial score (nSPS) is 10.6. The maximum Gasteiger partial charge on any atom is 0.312 e. The van der Waals surface area contributed by atoms with Gasteiger partial charge >= 0.3 is 5.97 Å². The molecule has 8 heteroatoms. The van der Waals surface area contributed by atoms with Crippen molar-refractivity contribution in [1.82, 2.24) is 9.88 Å². The van der Waals surface area contributed by atoms with E-state index in [4.69, 9.17) is 4.74 Å². The molecule has 1 amide bonds. The molecule has 0 saturated carbocycles. The van der Waals surface area contributed by atoms with Crippen LogP contribution in [0.3, 0.4) is 0 Å². The quantitative estimate of drug-likeness (QED) is 0.511. The Kier molecular flexibility index (Phi) is 7.00. The number of benzene rings is 1. The number of aromatic nitrogens is 1. The van der Waals surface area contributed by atoms with Crippen LogP contribution in [0.5, 0.6) is 0 Å². The lowest BCUT2D eigenvalue weighted by molar-refractivity contribution is -0.151. The average molecular weight is 430 g/mol. The van der Waals surface area contributed by atoms with E-state index < -0.39 is 5.97 Å². The lowest BCUT2D eigenvalue weighted by Gasteiger charge is -2.18. The topological polar surface area (TPSA) is 62.7 Å². The zero-order valence-corrected chi connectivity index (χ0v) is 18.3. The standard InChI is InChI=1S/C21H23N3O3S2/c1-23(2)18-6-4-15(5-7-18)11-24(3)19(25)12-27-20(26)10-17-14-29-21(22-17)16-8-9-28-13-16/h4-9,13-14H,10-12H2,1-3H3. The molecular weight excluding hydrogens is 406 g/mol. The molecule has 0 aliphatic heterocycles. The Morgan fingerprint density at radius 2 is 1.83 bits per heavy atom. The number of amides is 1. The Hall–Kier alpha value is -2.71. The van der Waals surface area contributed by atoms with Gasteiger partial charge in [-0.05, 0) is 29.1 Å². The highest BCUT2D eigenvalue weighted by Gasteiger charge is 2.15. The van der Waals surface area contributed by atoms with Gasteiger partial charge in [-0.1, -0.05) is 12.1 Å². The molecule has 2 heterocycles. The van der Waals surface area contributed by atoms with Crippen molar-refractivity contribution in [3.05, 3.63) is 57.7 Å². The van der Waals surface area contributed by atoms with Crippen molar-refractivity contribution in [3.8, 4) is 10.6 Å². The van der Waals surface area contributed by atoms with Crippen LogP contribution >= 0.6 is 22.7 Å². The minimum atomic E-state index is -0.454. The van der Waals surface area contributed by atoms with E-state index in [1.54, 1.807) is 23.3 Å². The number of carbonyl (C=O) groups excluding carboxylic acids is 2. The smallest absolute Gasteiger partial charge is 0.312 e. The fourth-order valence-corrected chi connectivity index (χ4v) is 4.15. The number of likely N-dealkylation sites (N-methyl/N-ethyl adjacent to an activating group) is 1. The molecule has 3 rings (SSSR count). The number of nitrogens with zero attached hydrogens (tertiary/aromatic N) is 3. The van der Waals surface area contributed by atoms with Crippen LogP contribution in [0.2, 0.25) is 0 Å². The molecule has 0 saturated heterocycles. The minimum Gasteiger partial charge on any atom is -0.455 e. The monoisotopic (exact) mass is 429 g/mol. The summed E-state index contributed by atoms with van der Waals surface area (Å²) in [6, 6.07) is 9.97. The van der Waals surface area contributed by atoms with Crippen molar-refractivity contribution in [3.63, 3.8) is 0 Å². The van der Waals surface area contributed by atoms with Crippen LogP contribution in [0.4, 0.5) is 5.69 Å². The van der Waals surface area contributed by atoms with E-state index in [-0.39, 0.29) is 18.9 Å². The third kappa shape index (κ3) is 5.88. The molecule has 3 aromatic rings. The van der Waals surface area contributed by atoms with Gasteiger partial charge in [0, 0.05) is 49.7 Å². The molecule has 0 fully saturated rings. The Labute approximate surface area is 178 Å². The molecular formula is C21H23N3O3S2. The molecule has 0 bridgehead atoms. The number of carbonyl (C=O) groups is 2. The van der Waals surface area contributed by atoms with Crippen molar-refractivity contribution in [2.45, 2.75) is 13.0 Å². The highest BCUT2D eigenvalue weighted by molar-refractivity contribution is 7.14. The lowest BCUT2D eigenvalue weighted by atomic mass is 10.2. The van der Waals surface area contributed by atoms with E-state index in [2.05, 4.69) is 4.98 Å². The average Bonchev–Trinajstić information content (AvgIpc) is 3.38. The SMILES string of the molecule is CN(Cc1ccc(N(C)C)cc1)C(=O)COC(=O)Cc1csc(-c2ccsc2)n1. The van der Waals surface area contributed by atoms with Crippen LogP contribution < -0.4 is 4.90 Å². The van der Waals surface area contributed by atoms with Crippen molar-refractivity contribution in [1.29, 1.82) is 0 Å². The van der Waals surface area contributed by atoms with Crippen molar-refractivity contribution >= 4 is 40.2 Å². The van der Waals surface area contributed by atoms with E-state index in [1.165, 1.54) is 11.3 Å². The van der Waals surface area contributed by atoms with Gasteiger partial charge in [0.15, 0.2) is 6.61 Å². The first-order valence-corrected chi connectivity index (χ1v) is 10.9. The third-order valence-electron chi connectivity index (χ3n) is 4.30. The zero-order valence-electron chi connectivity index (χ0n) is 16.6. The second-order valence-electron chi connectivity index (χ2n) is 6.80. The summed E-state index contributed by atoms with van der Waals surface area (Å²) in [6.07, 6.45) is 0.0592. The third-order valence-corrected chi connectivity index (χ3v) is 5.92. The first-order valence-electron chi connectivity index (χ1n) is 9.05. The van der Waals surface area contributed by atoms with E-state index in [0.29, 0.717) is 12.2 Å². The fraction of sp³-hybridized carbons (Fsp3) is 0.286. The van der Waals surface area contributed by atoms with Crippen LogP contribution in [0, 0.1) is 0 Å². The van der Waals surface area contributed by atoms with Gasteiger partial charge in [0.25, 0.3) is 5.91 Å². The summed E-state index contributed by atoms with van der Waals surface area (Å²) in [5.41, 5.74) is 3.82. The number of hydrogen-bond donors (Lipinski definition) is 0. The Morgan fingerprint density at radius 3 is 2.48 bits per heavy atom. The molecule has 2 aromatic heterocycles. The first-order chi connectivity index (χ1) is 13.9. The molecule has 0 N–H and O–H groups in total. The van der Waals surface area contributed by atoms with Gasteiger partial charge in [0.2, 0.25) is 0 Å². The summed E-state index contributed by atoms with van der Waals surface area (Å²) in [7, 11) is 5.66. The van der Waals surface area contributed by atoms with Crippen LogP contribution in [0.1, 0.15) is 11.3 Å². The molecule has 1 aromatic carbocycles. The van der Waals surface area contributed by atoms with Crippen molar-refractivity contribution in [2.24, 2.45) is 0 Å². The molecule has 0 aliphatic rings. The number of rotatable bonds is 8. The highest BCUT2D eigenvalue weighted by atomic mass is 32.1. The maximum atomic E-state index is 12.3. The molecule has 0 atom stereocenters.